The molecule has 3 rings (SSSR count). The van der Waals surface area contributed by atoms with Gasteiger partial charge in [-0.1, -0.05) is 18.2 Å². The van der Waals surface area contributed by atoms with Gasteiger partial charge in [0, 0.05) is 13.1 Å². The lowest BCUT2D eigenvalue weighted by Crippen LogP contribution is -2.27. The molecule has 2 aromatic rings. The maximum absolute atomic E-state index is 12.5. The minimum absolute atomic E-state index is 0.0179. The average Bonchev–Trinajstić information content (AvgIpc) is 3.09. The highest BCUT2D eigenvalue weighted by Crippen LogP contribution is 2.20. The van der Waals surface area contributed by atoms with E-state index < -0.39 is 12.7 Å². The molecule has 9 heteroatoms. The van der Waals surface area contributed by atoms with Gasteiger partial charge in [0.15, 0.2) is 5.82 Å². The predicted molar refractivity (Wildman–Crippen MR) is 74.6 cm³/mol. The number of ether oxygens (including phenoxy) is 1. The molecule has 0 N–H and O–H groups in total. The lowest BCUT2D eigenvalue weighted by atomic mass is 10.3. The summed E-state index contributed by atoms with van der Waals surface area (Å²) in [5.74, 6) is 1.00. The average molecular weight is 327 g/mol. The first-order chi connectivity index (χ1) is 11.0. The van der Waals surface area contributed by atoms with Gasteiger partial charge in [0.2, 0.25) is 0 Å². The van der Waals surface area contributed by atoms with E-state index in [1.54, 1.807) is 0 Å². The van der Waals surface area contributed by atoms with Gasteiger partial charge >= 0.3 is 6.18 Å². The highest BCUT2D eigenvalue weighted by Gasteiger charge is 2.31. The van der Waals surface area contributed by atoms with Crippen LogP contribution in [0.1, 0.15) is 12.2 Å². The van der Waals surface area contributed by atoms with Crippen molar-refractivity contribution in [3.63, 3.8) is 0 Å². The first-order valence-electron chi connectivity index (χ1n) is 7.25. The number of hydrogen-bond acceptors (Lipinski definition) is 5. The van der Waals surface area contributed by atoms with E-state index in [2.05, 4.69) is 15.5 Å². The molecule has 1 aliphatic rings. The topological polar surface area (TPSA) is 56.1 Å². The number of halogens is 3. The number of alkyl halides is 3. The molecule has 2 heterocycles. The fourth-order valence-electron chi connectivity index (χ4n) is 2.56. The first-order valence-corrected chi connectivity index (χ1v) is 7.25. The van der Waals surface area contributed by atoms with E-state index in [0.717, 1.165) is 23.4 Å². The number of aromatic nitrogens is 4. The number of benzene rings is 1. The second-order valence-electron chi connectivity index (χ2n) is 5.44. The Kier molecular flexibility index (Phi) is 4.46. The molecule has 0 aliphatic carbocycles. The van der Waals surface area contributed by atoms with E-state index >= 15 is 0 Å². The van der Waals surface area contributed by atoms with Gasteiger partial charge in [-0.25, -0.2) is 4.68 Å². The smallest absolute Gasteiger partial charge is 0.408 e. The van der Waals surface area contributed by atoms with Gasteiger partial charge in [-0.3, -0.25) is 4.90 Å². The third kappa shape index (κ3) is 4.41. The number of hydrogen-bond donors (Lipinski definition) is 0. The Morgan fingerprint density at radius 3 is 2.74 bits per heavy atom. The highest BCUT2D eigenvalue weighted by atomic mass is 19.4. The zero-order valence-corrected chi connectivity index (χ0v) is 12.3. The molecule has 0 spiro atoms. The van der Waals surface area contributed by atoms with Crippen LogP contribution in [-0.2, 0) is 13.1 Å². The quantitative estimate of drug-likeness (QED) is 0.839. The van der Waals surface area contributed by atoms with Crippen LogP contribution in [-0.4, -0.2) is 50.5 Å². The van der Waals surface area contributed by atoms with Crippen molar-refractivity contribution in [1.82, 2.24) is 25.1 Å². The Bertz CT molecular complexity index is 631. The third-order valence-corrected chi connectivity index (χ3v) is 3.58. The van der Waals surface area contributed by atoms with E-state index in [1.165, 1.54) is 0 Å². The van der Waals surface area contributed by atoms with Crippen molar-refractivity contribution < 1.29 is 17.9 Å². The Morgan fingerprint density at radius 2 is 2.00 bits per heavy atom. The number of likely N-dealkylation sites (tertiary alicyclic amines) is 1. The number of rotatable bonds is 5. The number of tetrazole rings is 1. The van der Waals surface area contributed by atoms with Gasteiger partial charge in [-0.2, -0.15) is 13.2 Å². The van der Waals surface area contributed by atoms with Gasteiger partial charge in [0.05, 0.1) is 6.54 Å². The van der Waals surface area contributed by atoms with Crippen LogP contribution in [0, 0.1) is 0 Å². The molecule has 0 unspecified atom stereocenters. The summed E-state index contributed by atoms with van der Waals surface area (Å²) in [4.78, 5) is 1.99. The molecular weight excluding hydrogens is 311 g/mol. The second kappa shape index (κ2) is 6.53. The molecule has 1 atom stereocenters. The zero-order valence-electron chi connectivity index (χ0n) is 12.3. The molecule has 6 nitrogen and oxygen atoms in total. The van der Waals surface area contributed by atoms with E-state index in [1.807, 2.05) is 35.2 Å². The maximum Gasteiger partial charge on any atom is 0.408 e. The Hall–Kier alpha value is -2.16. The molecule has 1 saturated heterocycles. The fraction of sp³-hybridized carbons (Fsp3) is 0.500. The van der Waals surface area contributed by atoms with Crippen molar-refractivity contribution in [2.75, 3.05) is 13.1 Å². The maximum atomic E-state index is 12.5. The van der Waals surface area contributed by atoms with Gasteiger partial charge in [0.1, 0.15) is 18.4 Å². The lowest BCUT2D eigenvalue weighted by molar-refractivity contribution is -0.143. The fourth-order valence-corrected chi connectivity index (χ4v) is 2.56. The van der Waals surface area contributed by atoms with E-state index in [-0.39, 0.29) is 18.5 Å². The van der Waals surface area contributed by atoms with Crippen molar-refractivity contribution in [1.29, 1.82) is 0 Å². The Balaban J connectivity index is 1.55. The largest absolute Gasteiger partial charge is 0.489 e. The summed E-state index contributed by atoms with van der Waals surface area (Å²) in [6.07, 6.45) is -3.51. The predicted octanol–water partition coefficient (Wildman–Crippen LogP) is 1.89. The van der Waals surface area contributed by atoms with Crippen molar-refractivity contribution in [3.8, 4) is 5.75 Å². The minimum atomic E-state index is -4.34. The van der Waals surface area contributed by atoms with Crippen LogP contribution >= 0.6 is 0 Å². The van der Waals surface area contributed by atoms with Crippen molar-refractivity contribution in [2.45, 2.75) is 31.8 Å². The summed E-state index contributed by atoms with van der Waals surface area (Å²) in [5, 5.41) is 10.4. The normalized spacial score (nSPS) is 19.2. The highest BCUT2D eigenvalue weighted by molar-refractivity contribution is 5.21. The van der Waals surface area contributed by atoms with Crippen molar-refractivity contribution >= 4 is 0 Å². The summed E-state index contributed by atoms with van der Waals surface area (Å²) in [6.45, 7) is 0.467. The molecule has 124 valence electrons. The van der Waals surface area contributed by atoms with Crippen LogP contribution in [0.4, 0.5) is 13.2 Å². The molecule has 1 aliphatic heterocycles. The van der Waals surface area contributed by atoms with Crippen LogP contribution in [0.25, 0.3) is 0 Å². The third-order valence-electron chi connectivity index (χ3n) is 3.58. The number of para-hydroxylation sites is 1. The molecule has 0 amide bonds. The lowest BCUT2D eigenvalue weighted by Gasteiger charge is -2.16. The molecule has 1 fully saturated rings. The van der Waals surface area contributed by atoms with Crippen LogP contribution < -0.4 is 4.74 Å². The SMILES string of the molecule is FC(F)(F)Cn1nnnc1CN1CC[C@@H](Oc2ccccc2)C1. The zero-order chi connectivity index (χ0) is 16.3. The summed E-state index contributed by atoms with van der Waals surface area (Å²) < 4.78 is 44.1. The van der Waals surface area contributed by atoms with Crippen molar-refractivity contribution in [3.05, 3.63) is 36.2 Å². The van der Waals surface area contributed by atoms with Gasteiger partial charge in [-0.15, -0.1) is 5.10 Å². The van der Waals surface area contributed by atoms with E-state index in [9.17, 15) is 13.2 Å². The first kappa shape index (κ1) is 15.7. The van der Waals surface area contributed by atoms with Gasteiger partial charge in [0.25, 0.3) is 0 Å². The van der Waals surface area contributed by atoms with Crippen LogP contribution in [0.5, 0.6) is 5.75 Å². The Labute approximate surface area is 130 Å². The minimum Gasteiger partial charge on any atom is -0.489 e. The molecule has 0 bridgehead atoms. The second-order valence-corrected chi connectivity index (χ2v) is 5.44. The molecule has 0 saturated carbocycles. The summed E-state index contributed by atoms with van der Waals surface area (Å²) in [5.41, 5.74) is 0. The molecule has 1 aromatic heterocycles. The van der Waals surface area contributed by atoms with E-state index in [4.69, 9.17) is 4.74 Å². The molecule has 23 heavy (non-hydrogen) atoms. The van der Waals surface area contributed by atoms with Gasteiger partial charge < -0.3 is 4.74 Å². The number of nitrogens with zero attached hydrogens (tertiary/aromatic N) is 5. The van der Waals surface area contributed by atoms with Crippen LogP contribution in [0.15, 0.2) is 30.3 Å². The summed E-state index contributed by atoms with van der Waals surface area (Å²) in [6, 6.07) is 9.47. The monoisotopic (exact) mass is 327 g/mol. The molecule has 0 radical (unpaired) electrons. The van der Waals surface area contributed by atoms with Crippen molar-refractivity contribution in [2.24, 2.45) is 0 Å². The van der Waals surface area contributed by atoms with Crippen LogP contribution in [0.3, 0.4) is 0 Å². The van der Waals surface area contributed by atoms with Gasteiger partial charge in [-0.05, 0) is 29.0 Å². The van der Waals surface area contributed by atoms with E-state index in [0.29, 0.717) is 6.54 Å². The Morgan fingerprint density at radius 1 is 1.22 bits per heavy atom. The summed E-state index contributed by atoms with van der Waals surface area (Å²) >= 11 is 0. The standard InChI is InChI=1S/C14H16F3N5O/c15-14(16,17)10-22-13(18-19-20-22)9-21-7-6-12(8-21)23-11-4-2-1-3-5-11/h1-5,12H,6-10H2/t12-/m1/s1. The molecular formula is C14H16F3N5O. The van der Waals surface area contributed by atoms with Crippen LogP contribution in [0.2, 0.25) is 0 Å². The molecule has 1 aromatic carbocycles. The summed E-state index contributed by atoms with van der Waals surface area (Å²) in [7, 11) is 0.